The van der Waals surface area contributed by atoms with Gasteiger partial charge in [0, 0.05) is 12.1 Å². The van der Waals surface area contributed by atoms with Gasteiger partial charge in [-0.3, -0.25) is 0 Å². The summed E-state index contributed by atoms with van der Waals surface area (Å²) in [6.07, 6.45) is 0. The van der Waals surface area contributed by atoms with E-state index in [2.05, 4.69) is 48.4 Å². The third-order valence-electron chi connectivity index (χ3n) is 3.61. The lowest BCUT2D eigenvalue weighted by atomic mass is 9.85. The van der Waals surface area contributed by atoms with Crippen molar-refractivity contribution in [3.8, 4) is 0 Å². The standard InChI is InChI=1S/C14H27N5/c1-8(2)12(9(3)4)7-16-13-10(5)14(19-15)18-11(6)17-13/h8-9,12H,7,15H2,1-6H3,(H2,16,17,18,19). The maximum Gasteiger partial charge on any atom is 0.148 e. The zero-order chi connectivity index (χ0) is 14.6. The van der Waals surface area contributed by atoms with E-state index in [-0.39, 0.29) is 0 Å². The SMILES string of the molecule is Cc1nc(NN)c(C)c(NCC(C(C)C)C(C)C)n1. The Hall–Kier alpha value is -1.36. The van der Waals surface area contributed by atoms with Gasteiger partial charge >= 0.3 is 0 Å². The molecule has 0 radical (unpaired) electrons. The number of anilines is 2. The van der Waals surface area contributed by atoms with Gasteiger partial charge in [-0.15, -0.1) is 0 Å². The van der Waals surface area contributed by atoms with E-state index in [9.17, 15) is 0 Å². The Bertz CT molecular complexity index is 407. The summed E-state index contributed by atoms with van der Waals surface area (Å²) < 4.78 is 0. The number of hydrogen-bond donors (Lipinski definition) is 3. The lowest BCUT2D eigenvalue weighted by molar-refractivity contribution is 0.304. The highest BCUT2D eigenvalue weighted by Gasteiger charge is 2.18. The van der Waals surface area contributed by atoms with Crippen LogP contribution in [0.4, 0.5) is 11.6 Å². The van der Waals surface area contributed by atoms with Crippen LogP contribution in [0.5, 0.6) is 0 Å². The summed E-state index contributed by atoms with van der Waals surface area (Å²) in [6, 6.07) is 0. The lowest BCUT2D eigenvalue weighted by Crippen LogP contribution is -2.25. The van der Waals surface area contributed by atoms with Crippen molar-refractivity contribution in [2.24, 2.45) is 23.6 Å². The van der Waals surface area contributed by atoms with Crippen molar-refractivity contribution in [3.63, 3.8) is 0 Å². The molecule has 4 N–H and O–H groups in total. The van der Waals surface area contributed by atoms with Gasteiger partial charge in [-0.1, -0.05) is 27.7 Å². The first-order chi connectivity index (χ1) is 8.86. The second-order valence-electron chi connectivity index (χ2n) is 5.77. The second-order valence-corrected chi connectivity index (χ2v) is 5.77. The highest BCUT2D eigenvalue weighted by Crippen LogP contribution is 2.23. The van der Waals surface area contributed by atoms with E-state index in [1.807, 2.05) is 13.8 Å². The van der Waals surface area contributed by atoms with Crippen LogP contribution in [0.25, 0.3) is 0 Å². The van der Waals surface area contributed by atoms with E-state index in [0.717, 1.165) is 17.9 Å². The molecular weight excluding hydrogens is 238 g/mol. The van der Waals surface area contributed by atoms with Crippen LogP contribution >= 0.6 is 0 Å². The van der Waals surface area contributed by atoms with E-state index in [4.69, 9.17) is 5.84 Å². The fourth-order valence-electron chi connectivity index (χ4n) is 2.40. The molecule has 0 saturated heterocycles. The minimum atomic E-state index is 0.615. The first-order valence-electron chi connectivity index (χ1n) is 6.92. The van der Waals surface area contributed by atoms with Crippen LogP contribution in [-0.2, 0) is 0 Å². The monoisotopic (exact) mass is 265 g/mol. The van der Waals surface area contributed by atoms with Gasteiger partial charge in [-0.2, -0.15) is 0 Å². The molecule has 1 aromatic rings. The highest BCUT2D eigenvalue weighted by atomic mass is 15.3. The molecule has 5 heteroatoms. The predicted octanol–water partition coefficient (Wildman–Crippen LogP) is 2.72. The molecule has 0 aromatic carbocycles. The van der Waals surface area contributed by atoms with Crippen molar-refractivity contribution in [2.75, 3.05) is 17.3 Å². The average Bonchev–Trinajstić information content (AvgIpc) is 2.32. The van der Waals surface area contributed by atoms with E-state index in [0.29, 0.717) is 29.4 Å². The number of rotatable bonds is 6. The van der Waals surface area contributed by atoms with E-state index < -0.39 is 0 Å². The molecule has 0 amide bonds. The predicted molar refractivity (Wildman–Crippen MR) is 81.0 cm³/mol. The summed E-state index contributed by atoms with van der Waals surface area (Å²) in [5, 5.41) is 3.44. The first kappa shape index (κ1) is 15.7. The lowest BCUT2D eigenvalue weighted by Gasteiger charge is -2.25. The fourth-order valence-corrected chi connectivity index (χ4v) is 2.40. The third-order valence-corrected chi connectivity index (χ3v) is 3.61. The molecule has 0 spiro atoms. The Morgan fingerprint density at radius 2 is 1.53 bits per heavy atom. The normalized spacial score (nSPS) is 11.5. The number of aryl methyl sites for hydroxylation is 1. The average molecular weight is 265 g/mol. The topological polar surface area (TPSA) is 75.9 Å². The van der Waals surface area contributed by atoms with Gasteiger partial charge in [0.1, 0.15) is 17.5 Å². The number of nitrogens with zero attached hydrogens (tertiary/aromatic N) is 2. The quantitative estimate of drug-likeness (QED) is 0.544. The Kier molecular flexibility index (Phi) is 5.54. The van der Waals surface area contributed by atoms with Crippen LogP contribution in [0.2, 0.25) is 0 Å². The molecule has 1 heterocycles. The maximum absolute atomic E-state index is 5.47. The van der Waals surface area contributed by atoms with Crippen LogP contribution in [0.15, 0.2) is 0 Å². The fraction of sp³-hybridized carbons (Fsp3) is 0.714. The molecule has 0 aliphatic heterocycles. The summed E-state index contributed by atoms with van der Waals surface area (Å²) in [4.78, 5) is 8.72. The van der Waals surface area contributed by atoms with Crippen LogP contribution in [0.1, 0.15) is 39.1 Å². The second kappa shape index (κ2) is 6.70. The largest absolute Gasteiger partial charge is 0.369 e. The highest BCUT2D eigenvalue weighted by molar-refractivity contribution is 5.56. The summed E-state index contributed by atoms with van der Waals surface area (Å²) in [7, 11) is 0. The van der Waals surface area contributed by atoms with E-state index >= 15 is 0 Å². The molecular formula is C14H27N5. The first-order valence-corrected chi connectivity index (χ1v) is 6.92. The minimum Gasteiger partial charge on any atom is -0.369 e. The van der Waals surface area contributed by atoms with Crippen molar-refractivity contribution in [3.05, 3.63) is 11.4 Å². The number of nitrogens with one attached hydrogen (secondary N) is 2. The Morgan fingerprint density at radius 3 is 2.00 bits per heavy atom. The molecule has 108 valence electrons. The molecule has 0 aliphatic rings. The molecule has 1 aromatic heterocycles. The van der Waals surface area contributed by atoms with Gasteiger partial charge in [0.05, 0.1) is 0 Å². The number of nitrogens with two attached hydrogens (primary N) is 1. The molecule has 0 fully saturated rings. The molecule has 0 atom stereocenters. The number of hydrogen-bond acceptors (Lipinski definition) is 5. The summed E-state index contributed by atoms with van der Waals surface area (Å²) in [5.41, 5.74) is 3.58. The van der Waals surface area contributed by atoms with E-state index in [1.54, 1.807) is 0 Å². The van der Waals surface area contributed by atoms with Gasteiger partial charge in [-0.25, -0.2) is 15.8 Å². The van der Waals surface area contributed by atoms with Crippen molar-refractivity contribution in [1.82, 2.24) is 9.97 Å². The number of hydrazine groups is 1. The zero-order valence-corrected chi connectivity index (χ0v) is 12.9. The molecule has 0 unspecified atom stereocenters. The van der Waals surface area contributed by atoms with Crippen molar-refractivity contribution in [2.45, 2.75) is 41.5 Å². The van der Waals surface area contributed by atoms with E-state index in [1.165, 1.54) is 0 Å². The van der Waals surface area contributed by atoms with Crippen molar-refractivity contribution in [1.29, 1.82) is 0 Å². The molecule has 1 rings (SSSR count). The summed E-state index contributed by atoms with van der Waals surface area (Å²) in [5.74, 6) is 9.63. The van der Waals surface area contributed by atoms with Gasteiger partial charge in [0.25, 0.3) is 0 Å². The van der Waals surface area contributed by atoms with Gasteiger partial charge in [-0.05, 0) is 31.6 Å². The summed E-state index contributed by atoms with van der Waals surface area (Å²) in [6.45, 7) is 13.8. The van der Waals surface area contributed by atoms with Gasteiger partial charge in [0.2, 0.25) is 0 Å². The third kappa shape index (κ3) is 4.06. The summed E-state index contributed by atoms with van der Waals surface area (Å²) >= 11 is 0. The van der Waals surface area contributed by atoms with Crippen molar-refractivity contribution < 1.29 is 0 Å². The van der Waals surface area contributed by atoms with Crippen molar-refractivity contribution >= 4 is 11.6 Å². The Balaban J connectivity index is 2.85. The number of aromatic nitrogens is 2. The molecule has 5 nitrogen and oxygen atoms in total. The Morgan fingerprint density at radius 1 is 1.00 bits per heavy atom. The van der Waals surface area contributed by atoms with Crippen LogP contribution in [0, 0.1) is 31.6 Å². The van der Waals surface area contributed by atoms with Gasteiger partial charge < -0.3 is 10.7 Å². The molecule has 0 bridgehead atoms. The van der Waals surface area contributed by atoms with Gasteiger partial charge in [0.15, 0.2) is 0 Å². The van der Waals surface area contributed by atoms with Crippen LogP contribution in [-0.4, -0.2) is 16.5 Å². The van der Waals surface area contributed by atoms with Crippen LogP contribution in [0.3, 0.4) is 0 Å². The van der Waals surface area contributed by atoms with Crippen LogP contribution < -0.4 is 16.6 Å². The smallest absolute Gasteiger partial charge is 0.148 e. The molecule has 19 heavy (non-hydrogen) atoms. The molecule has 0 saturated carbocycles. The molecule has 0 aliphatic carbocycles. The minimum absolute atomic E-state index is 0.615. The Labute approximate surface area is 116 Å². The number of nitrogen functional groups attached to an aromatic ring is 1. The maximum atomic E-state index is 5.47. The zero-order valence-electron chi connectivity index (χ0n) is 12.9.